The Morgan fingerprint density at radius 2 is 1.26 bits per heavy atom. The first-order chi connectivity index (χ1) is 15.6. The van der Waals surface area contributed by atoms with Crippen LogP contribution >= 0.6 is 0 Å². The van der Waals surface area contributed by atoms with E-state index in [1.54, 1.807) is 20.8 Å². The van der Waals surface area contributed by atoms with Gasteiger partial charge in [0.2, 0.25) is 0 Å². The van der Waals surface area contributed by atoms with Crippen molar-refractivity contribution in [3.05, 3.63) is 24.3 Å². The zero-order chi connectivity index (χ0) is 27.6. The van der Waals surface area contributed by atoms with E-state index < -0.39 is 65.1 Å². The molecule has 2 amide bonds. The fourth-order valence-electron chi connectivity index (χ4n) is 2.35. The first kappa shape index (κ1) is 30.2. The summed E-state index contributed by atoms with van der Waals surface area (Å²) in [7, 11) is -7.94. The fraction of sp³-hybridized carbons (Fsp3) is 0.571. The van der Waals surface area contributed by atoms with Crippen LogP contribution in [0, 0.1) is 0 Å². The summed E-state index contributed by atoms with van der Waals surface area (Å²) in [5.41, 5.74) is -2.08. The van der Waals surface area contributed by atoms with Gasteiger partial charge in [-0.2, -0.15) is 8.42 Å². The van der Waals surface area contributed by atoms with E-state index >= 15 is 0 Å². The maximum atomic E-state index is 13.4. The molecule has 1 aromatic carbocycles. The third-order valence-electron chi connectivity index (χ3n) is 4.06. The number of rotatable bonds is 5. The minimum atomic E-state index is -5.09. The molecule has 0 saturated carbocycles. The van der Waals surface area contributed by atoms with Crippen molar-refractivity contribution in [1.82, 2.24) is 9.37 Å². The summed E-state index contributed by atoms with van der Waals surface area (Å²) in [5.74, 6) is -1.33. The van der Waals surface area contributed by atoms with Crippen LogP contribution in [0.1, 0.15) is 48.5 Å². The first-order valence-electron chi connectivity index (χ1n) is 10.3. The topological polar surface area (TPSA) is 154 Å². The number of sulfonamides is 1. The number of carbonyl (C=O) groups excluding carboxylic acids is 3. The Bertz CT molecular complexity index is 1180. The molecule has 0 unspecified atom stereocenters. The van der Waals surface area contributed by atoms with E-state index in [1.807, 2.05) is 0 Å². The van der Waals surface area contributed by atoms with Crippen LogP contribution in [-0.2, 0) is 39.0 Å². The predicted molar refractivity (Wildman–Crippen MR) is 124 cm³/mol. The molecule has 35 heavy (non-hydrogen) atoms. The smallest absolute Gasteiger partial charge is 0.444 e. The lowest BCUT2D eigenvalue weighted by Crippen LogP contribution is -2.48. The molecule has 0 aliphatic heterocycles. The average Bonchev–Trinajstić information content (AvgIpc) is 2.67. The Kier molecular flexibility index (Phi) is 8.96. The number of amides is 2. The summed E-state index contributed by atoms with van der Waals surface area (Å²) >= 11 is 0. The molecule has 0 saturated heterocycles. The Morgan fingerprint density at radius 1 is 0.829 bits per heavy atom. The lowest BCUT2D eigenvalue weighted by atomic mass is 10.2. The Hall–Kier alpha value is -2.87. The Balaban J connectivity index is 3.47. The van der Waals surface area contributed by atoms with Crippen LogP contribution in [-0.4, -0.2) is 74.9 Å². The molecular weight excluding hydrogens is 504 g/mol. The fourth-order valence-corrected chi connectivity index (χ4v) is 5.04. The minimum Gasteiger partial charge on any atom is -0.444 e. The third-order valence-corrected chi connectivity index (χ3v) is 6.92. The van der Waals surface area contributed by atoms with Gasteiger partial charge in [-0.1, -0.05) is 12.1 Å². The summed E-state index contributed by atoms with van der Waals surface area (Å²) in [6, 6.07) is 3.07. The van der Waals surface area contributed by atoms with Crippen molar-refractivity contribution in [2.24, 2.45) is 0 Å². The van der Waals surface area contributed by atoms with E-state index in [9.17, 15) is 31.2 Å². The van der Waals surface area contributed by atoms with E-state index in [4.69, 9.17) is 14.3 Å². The number of nitrogens with zero attached hydrogens (tertiary/aromatic N) is 2. The number of carbonyl (C=O) groups is 3. The molecule has 0 aliphatic carbocycles. The van der Waals surface area contributed by atoms with Gasteiger partial charge in [0, 0.05) is 13.3 Å². The number of benzene rings is 1. The molecule has 0 bridgehead atoms. The maximum absolute atomic E-state index is 13.4. The summed E-state index contributed by atoms with van der Waals surface area (Å²) in [4.78, 5) is 42.2. The molecule has 1 rings (SSSR count). The number of likely N-dealkylation sites (N-methyl/N-ethyl adjacent to an activating group) is 1. The second-order valence-electron chi connectivity index (χ2n) is 9.61. The van der Waals surface area contributed by atoms with Crippen molar-refractivity contribution in [3.63, 3.8) is 0 Å². The van der Waals surface area contributed by atoms with Gasteiger partial charge in [0.05, 0.1) is 4.90 Å². The molecule has 12 nitrogen and oxygen atoms in total. The van der Waals surface area contributed by atoms with Crippen LogP contribution in [0.5, 0.6) is 0 Å². The molecule has 0 radical (unpaired) electrons. The monoisotopic (exact) mass is 536 g/mol. The number of sulfone groups is 1. The summed E-state index contributed by atoms with van der Waals surface area (Å²) in [6.07, 6.45) is -1.72. The van der Waals surface area contributed by atoms with Gasteiger partial charge in [0.15, 0.2) is 9.84 Å². The van der Waals surface area contributed by atoms with E-state index in [-0.39, 0.29) is 4.47 Å². The van der Waals surface area contributed by atoms with Gasteiger partial charge in [0.1, 0.15) is 22.1 Å². The van der Waals surface area contributed by atoms with E-state index in [1.165, 1.54) is 46.9 Å². The van der Waals surface area contributed by atoms with Gasteiger partial charge in [-0.25, -0.2) is 22.8 Å². The molecule has 198 valence electrons. The van der Waals surface area contributed by atoms with Gasteiger partial charge in [-0.05, 0) is 65.1 Å². The van der Waals surface area contributed by atoms with Crippen LogP contribution in [0.2, 0.25) is 0 Å². The van der Waals surface area contributed by atoms with Gasteiger partial charge < -0.3 is 14.3 Å². The van der Waals surface area contributed by atoms with E-state index in [0.717, 1.165) is 23.3 Å². The Labute approximate surface area is 206 Å². The summed E-state index contributed by atoms with van der Waals surface area (Å²) < 4.78 is 60.9. The lowest BCUT2D eigenvalue weighted by molar-refractivity contribution is -0.172. The highest BCUT2D eigenvalue weighted by molar-refractivity contribution is 7.93. The van der Waals surface area contributed by atoms with Crippen molar-refractivity contribution in [3.8, 4) is 0 Å². The van der Waals surface area contributed by atoms with E-state index in [2.05, 4.69) is 0 Å². The minimum absolute atomic E-state index is 0.329. The number of hydrogen-bond donors (Lipinski definition) is 0. The SMILES string of the molecule is C[C@@H](C(=O)ON(C(=O)OC(C)(C)C)S(=O)(=O)c1ccccc1S(C)(=O)=O)N(C)C(=O)OC(C)(C)C. The van der Waals surface area contributed by atoms with Crippen molar-refractivity contribution < 1.29 is 45.5 Å². The maximum Gasteiger partial charge on any atom is 0.459 e. The quantitative estimate of drug-likeness (QED) is 0.513. The van der Waals surface area contributed by atoms with Crippen LogP contribution in [0.15, 0.2) is 34.1 Å². The molecule has 0 heterocycles. The highest BCUT2D eigenvalue weighted by Crippen LogP contribution is 2.26. The lowest BCUT2D eigenvalue weighted by Gasteiger charge is -2.29. The largest absolute Gasteiger partial charge is 0.459 e. The molecule has 14 heteroatoms. The van der Waals surface area contributed by atoms with Crippen molar-refractivity contribution in [2.45, 2.75) is 75.5 Å². The molecule has 1 aromatic rings. The summed E-state index contributed by atoms with van der Waals surface area (Å²) in [5, 5.41) is 0. The molecule has 0 aliphatic rings. The zero-order valence-electron chi connectivity index (χ0n) is 21.2. The van der Waals surface area contributed by atoms with Crippen molar-refractivity contribution in [1.29, 1.82) is 0 Å². The normalized spacial score (nSPS) is 13.4. The molecule has 1 atom stereocenters. The summed E-state index contributed by atoms with van der Waals surface area (Å²) in [6.45, 7) is 10.4. The molecule has 0 fully saturated rings. The predicted octanol–water partition coefficient (Wildman–Crippen LogP) is 2.73. The number of ether oxygens (including phenoxy) is 2. The van der Waals surface area contributed by atoms with Gasteiger partial charge in [-0.15, -0.1) is 0 Å². The van der Waals surface area contributed by atoms with Crippen molar-refractivity contribution in [2.75, 3.05) is 13.3 Å². The highest BCUT2D eigenvalue weighted by atomic mass is 32.2. The van der Waals surface area contributed by atoms with Crippen LogP contribution in [0.4, 0.5) is 9.59 Å². The zero-order valence-corrected chi connectivity index (χ0v) is 22.8. The number of hydroxylamine groups is 1. The second-order valence-corrected chi connectivity index (χ2v) is 13.3. The van der Waals surface area contributed by atoms with Gasteiger partial charge >= 0.3 is 28.2 Å². The van der Waals surface area contributed by atoms with Crippen LogP contribution < -0.4 is 0 Å². The third kappa shape index (κ3) is 8.38. The van der Waals surface area contributed by atoms with Crippen molar-refractivity contribution >= 4 is 38.0 Å². The standard InChI is InChI=1S/C21H32N2O10S2/c1-14(22(8)18(25)31-20(2,3)4)17(24)33-23(19(26)32-21(5,6)7)35(29,30)16-13-11-10-12-15(16)34(9,27)28/h10-14H,1-9H3/t14-/m0/s1. The average molecular weight is 537 g/mol. The highest BCUT2D eigenvalue weighted by Gasteiger charge is 2.41. The first-order valence-corrected chi connectivity index (χ1v) is 13.7. The van der Waals surface area contributed by atoms with Crippen LogP contribution in [0.3, 0.4) is 0 Å². The molecular formula is C21H32N2O10S2. The molecule has 0 N–H and O–H groups in total. The van der Waals surface area contributed by atoms with E-state index in [0.29, 0.717) is 0 Å². The molecule has 0 spiro atoms. The number of hydrogen-bond acceptors (Lipinski definition) is 10. The Morgan fingerprint density at radius 3 is 1.69 bits per heavy atom. The van der Waals surface area contributed by atoms with Gasteiger partial charge in [-0.3, -0.25) is 4.90 Å². The second kappa shape index (κ2) is 10.4. The van der Waals surface area contributed by atoms with Gasteiger partial charge in [0.25, 0.3) is 0 Å². The van der Waals surface area contributed by atoms with Crippen LogP contribution in [0.25, 0.3) is 0 Å². The molecule has 0 aromatic heterocycles.